The van der Waals surface area contributed by atoms with Crippen LogP contribution in [0.5, 0.6) is 5.75 Å². The molecule has 0 fully saturated rings. The predicted octanol–water partition coefficient (Wildman–Crippen LogP) is 4.59. The molecule has 4 rings (SSSR count). The number of aromatic amines is 1. The number of nitrogens with one attached hydrogen (secondary N) is 2. The highest BCUT2D eigenvalue weighted by Gasteiger charge is 2.31. The quantitative estimate of drug-likeness (QED) is 0.431. The van der Waals surface area contributed by atoms with Crippen molar-refractivity contribution in [1.29, 1.82) is 0 Å². The number of rotatable bonds is 6. The van der Waals surface area contributed by atoms with Crippen LogP contribution in [0.1, 0.15) is 36.0 Å². The average Bonchev–Trinajstić information content (AvgIpc) is 2.72. The number of carbonyl (C=O) groups is 1. The van der Waals surface area contributed by atoms with E-state index in [1.165, 1.54) is 11.8 Å². The van der Waals surface area contributed by atoms with Crippen LogP contribution in [0, 0.1) is 0 Å². The molecule has 6 nitrogen and oxygen atoms in total. The normalized spacial score (nSPS) is 15.4. The van der Waals surface area contributed by atoms with E-state index >= 15 is 0 Å². The number of anilines is 1. The molecule has 1 aliphatic heterocycles. The minimum atomic E-state index is -0.377. The maximum Gasteiger partial charge on any atom is 0.257 e. The lowest BCUT2D eigenvalue weighted by atomic mass is 9.87. The van der Waals surface area contributed by atoms with Gasteiger partial charge in [-0.05, 0) is 42.3 Å². The number of fused-ring (bicyclic) bond motifs is 1. The van der Waals surface area contributed by atoms with Gasteiger partial charge in [0.05, 0.1) is 12.2 Å². The zero-order valence-corrected chi connectivity index (χ0v) is 17.8. The molecule has 1 aromatic heterocycles. The van der Waals surface area contributed by atoms with Crippen LogP contribution in [0.2, 0.25) is 5.02 Å². The number of thioether (sulfide) groups is 1. The highest BCUT2D eigenvalue weighted by atomic mass is 35.5. The van der Waals surface area contributed by atoms with Crippen molar-refractivity contribution in [3.8, 4) is 5.75 Å². The molecule has 1 amide bonds. The molecule has 8 heteroatoms. The Labute approximate surface area is 183 Å². The first kappa shape index (κ1) is 20.5. The zero-order chi connectivity index (χ0) is 21.1. The van der Waals surface area contributed by atoms with Gasteiger partial charge in [0.2, 0.25) is 5.91 Å². The Balaban J connectivity index is 1.64. The molecule has 3 aromatic rings. The van der Waals surface area contributed by atoms with E-state index in [2.05, 4.69) is 15.3 Å². The van der Waals surface area contributed by atoms with Gasteiger partial charge in [0.15, 0.2) is 5.16 Å². The van der Waals surface area contributed by atoms with Crippen molar-refractivity contribution in [2.45, 2.75) is 30.2 Å². The van der Waals surface area contributed by atoms with E-state index in [1.807, 2.05) is 55.5 Å². The highest BCUT2D eigenvalue weighted by Crippen LogP contribution is 2.35. The summed E-state index contributed by atoms with van der Waals surface area (Å²) in [5.41, 5.74) is 2.09. The monoisotopic (exact) mass is 441 g/mol. The van der Waals surface area contributed by atoms with E-state index in [9.17, 15) is 9.59 Å². The maximum atomic E-state index is 12.9. The molecule has 0 unspecified atom stereocenters. The minimum absolute atomic E-state index is 0.168. The Kier molecular flexibility index (Phi) is 6.11. The van der Waals surface area contributed by atoms with Crippen molar-refractivity contribution < 1.29 is 9.53 Å². The largest absolute Gasteiger partial charge is 0.494 e. The third kappa shape index (κ3) is 4.52. The van der Waals surface area contributed by atoms with Gasteiger partial charge in [0.1, 0.15) is 11.6 Å². The highest BCUT2D eigenvalue weighted by molar-refractivity contribution is 7.98. The smallest absolute Gasteiger partial charge is 0.257 e. The lowest BCUT2D eigenvalue weighted by molar-refractivity contribution is -0.116. The summed E-state index contributed by atoms with van der Waals surface area (Å²) in [5.74, 6) is 1.07. The molecule has 0 radical (unpaired) electrons. The number of halogens is 1. The van der Waals surface area contributed by atoms with E-state index in [1.54, 1.807) is 0 Å². The molecule has 1 atom stereocenters. The van der Waals surface area contributed by atoms with Crippen LogP contribution in [0.15, 0.2) is 58.5 Å². The third-order valence-electron chi connectivity index (χ3n) is 4.77. The van der Waals surface area contributed by atoms with Crippen LogP contribution in [0.4, 0.5) is 5.82 Å². The summed E-state index contributed by atoms with van der Waals surface area (Å²) in [4.78, 5) is 32.6. The van der Waals surface area contributed by atoms with E-state index in [-0.39, 0.29) is 23.8 Å². The van der Waals surface area contributed by atoms with Crippen LogP contribution in [-0.2, 0) is 10.5 Å². The summed E-state index contributed by atoms with van der Waals surface area (Å²) in [5, 5.41) is 3.86. The second-order valence-corrected chi connectivity index (χ2v) is 8.26. The van der Waals surface area contributed by atoms with Crippen molar-refractivity contribution in [3.05, 3.63) is 80.6 Å². The summed E-state index contributed by atoms with van der Waals surface area (Å²) in [6.07, 6.45) is 0.183. The summed E-state index contributed by atoms with van der Waals surface area (Å²) in [6.45, 7) is 2.45. The number of hydrogen-bond acceptors (Lipinski definition) is 5. The molecule has 0 aliphatic carbocycles. The van der Waals surface area contributed by atoms with Crippen molar-refractivity contribution >= 4 is 35.1 Å². The van der Waals surface area contributed by atoms with Crippen molar-refractivity contribution in [1.82, 2.24) is 9.97 Å². The SMILES string of the molecule is CCOc1cccc([C@@H]2CC(=O)Nc3nc(SCc4cccc(Cl)c4)[nH]c(=O)c32)c1. The first-order valence-corrected chi connectivity index (χ1v) is 10.9. The zero-order valence-electron chi connectivity index (χ0n) is 16.3. The standard InChI is InChI=1S/C22H20ClN3O3S/c1-2-29-16-8-4-6-14(10-16)17-11-18(27)24-20-19(17)21(28)26-22(25-20)30-12-13-5-3-7-15(23)9-13/h3-10,17H,2,11-12H2,1H3,(H2,24,25,26,27,28)/t17-/m0/s1. The first-order valence-electron chi connectivity index (χ1n) is 9.57. The van der Waals surface area contributed by atoms with Gasteiger partial charge >= 0.3 is 0 Å². The number of amides is 1. The molecule has 1 aliphatic rings. The van der Waals surface area contributed by atoms with Crippen LogP contribution in [0.25, 0.3) is 0 Å². The van der Waals surface area contributed by atoms with Gasteiger partial charge in [0.25, 0.3) is 5.56 Å². The van der Waals surface area contributed by atoms with E-state index in [4.69, 9.17) is 16.3 Å². The minimum Gasteiger partial charge on any atom is -0.494 e. The summed E-state index contributed by atoms with van der Waals surface area (Å²) in [7, 11) is 0. The Bertz CT molecular complexity index is 1150. The molecule has 2 aromatic carbocycles. The molecule has 0 saturated heterocycles. The first-order chi connectivity index (χ1) is 14.5. The van der Waals surface area contributed by atoms with E-state index < -0.39 is 0 Å². The summed E-state index contributed by atoms with van der Waals surface area (Å²) in [6, 6.07) is 15.0. The number of hydrogen-bond donors (Lipinski definition) is 2. The van der Waals surface area contributed by atoms with Gasteiger partial charge in [-0.2, -0.15) is 0 Å². The summed E-state index contributed by atoms with van der Waals surface area (Å²) < 4.78 is 5.57. The number of nitrogens with zero attached hydrogens (tertiary/aromatic N) is 1. The molecular weight excluding hydrogens is 422 g/mol. The Morgan fingerprint density at radius 2 is 2.03 bits per heavy atom. The van der Waals surface area contributed by atoms with Gasteiger partial charge < -0.3 is 15.0 Å². The summed E-state index contributed by atoms with van der Waals surface area (Å²) >= 11 is 7.41. The molecule has 0 bridgehead atoms. The number of benzene rings is 2. The van der Waals surface area contributed by atoms with Crippen LogP contribution >= 0.6 is 23.4 Å². The molecule has 30 heavy (non-hydrogen) atoms. The van der Waals surface area contributed by atoms with Gasteiger partial charge in [-0.25, -0.2) is 4.98 Å². The molecular formula is C22H20ClN3O3S. The fourth-order valence-electron chi connectivity index (χ4n) is 3.47. The number of ether oxygens (including phenoxy) is 1. The molecule has 0 saturated carbocycles. The van der Waals surface area contributed by atoms with Gasteiger partial charge in [-0.3, -0.25) is 9.59 Å². The second kappa shape index (κ2) is 8.93. The fraction of sp³-hybridized carbons (Fsp3) is 0.227. The molecule has 0 spiro atoms. The molecule has 2 N–H and O–H groups in total. The van der Waals surface area contributed by atoms with Crippen molar-refractivity contribution in [3.63, 3.8) is 0 Å². The van der Waals surface area contributed by atoms with Gasteiger partial charge in [0, 0.05) is 23.1 Å². The number of H-pyrrole nitrogens is 1. The third-order valence-corrected chi connectivity index (χ3v) is 5.94. The van der Waals surface area contributed by atoms with Gasteiger partial charge in [-0.1, -0.05) is 47.6 Å². The predicted molar refractivity (Wildman–Crippen MR) is 119 cm³/mol. The van der Waals surface area contributed by atoms with Crippen LogP contribution in [0.3, 0.4) is 0 Å². The topological polar surface area (TPSA) is 84.1 Å². The Morgan fingerprint density at radius 3 is 2.83 bits per heavy atom. The van der Waals surface area contributed by atoms with E-state index in [0.29, 0.717) is 39.7 Å². The second-order valence-electron chi connectivity index (χ2n) is 6.86. The van der Waals surface area contributed by atoms with Gasteiger partial charge in [-0.15, -0.1) is 0 Å². The fourth-order valence-corrected chi connectivity index (χ4v) is 4.49. The lowest BCUT2D eigenvalue weighted by Crippen LogP contribution is -2.31. The maximum absolute atomic E-state index is 12.9. The number of carbonyl (C=O) groups excluding carboxylic acids is 1. The van der Waals surface area contributed by atoms with Crippen molar-refractivity contribution in [2.75, 3.05) is 11.9 Å². The molecule has 154 valence electrons. The van der Waals surface area contributed by atoms with Crippen LogP contribution < -0.4 is 15.6 Å². The van der Waals surface area contributed by atoms with Crippen LogP contribution in [-0.4, -0.2) is 22.5 Å². The molecule has 2 heterocycles. The average molecular weight is 442 g/mol. The lowest BCUT2D eigenvalue weighted by Gasteiger charge is -2.24. The Morgan fingerprint density at radius 1 is 1.20 bits per heavy atom. The van der Waals surface area contributed by atoms with E-state index in [0.717, 1.165) is 11.1 Å². The van der Waals surface area contributed by atoms with Crippen molar-refractivity contribution in [2.24, 2.45) is 0 Å². The Hall–Kier alpha value is -2.77. The number of aromatic nitrogens is 2.